The summed E-state index contributed by atoms with van der Waals surface area (Å²) in [6.45, 7) is 6.53. The maximum Gasteiger partial charge on any atom is 0.266 e. The average molecular weight is 497 g/mol. The van der Waals surface area contributed by atoms with Crippen molar-refractivity contribution in [2.45, 2.75) is 20.0 Å². The number of aromatic nitrogens is 4. The van der Waals surface area contributed by atoms with Crippen LogP contribution in [0.5, 0.6) is 0 Å². The Kier molecular flexibility index (Phi) is 6.13. The normalized spacial score (nSPS) is 14.5. The van der Waals surface area contributed by atoms with Crippen molar-refractivity contribution in [1.29, 1.82) is 0 Å². The standard InChI is InChI=1S/C28H28N6OS/c1-21-26(36-28(29-21)33-13-7-8-14-33)27(35)32-17-15-31(16-18-32)20-25-30-23-11-5-6-12-24(23)34(25)19-22-9-3-2-4-10-22/h2-14H,15-20H2,1H3. The van der Waals surface area contributed by atoms with E-state index in [4.69, 9.17) is 4.98 Å². The zero-order chi connectivity index (χ0) is 24.5. The molecule has 0 spiro atoms. The SMILES string of the molecule is Cc1nc(-n2cccc2)sc1C(=O)N1CCN(Cc2nc3ccccc3n2Cc2ccccc2)CC1. The molecule has 0 aliphatic carbocycles. The molecule has 8 heteroatoms. The lowest BCUT2D eigenvalue weighted by Crippen LogP contribution is -2.48. The lowest BCUT2D eigenvalue weighted by Gasteiger charge is -2.34. The molecule has 2 aromatic carbocycles. The largest absolute Gasteiger partial charge is 0.335 e. The zero-order valence-corrected chi connectivity index (χ0v) is 21.1. The molecule has 182 valence electrons. The minimum Gasteiger partial charge on any atom is -0.335 e. The Balaban J connectivity index is 1.15. The molecule has 0 bridgehead atoms. The van der Waals surface area contributed by atoms with E-state index in [0.29, 0.717) is 13.1 Å². The third-order valence-electron chi connectivity index (χ3n) is 6.75. The Bertz CT molecular complexity index is 1480. The number of thiazole rings is 1. The first kappa shape index (κ1) is 22.7. The Morgan fingerprint density at radius 2 is 1.58 bits per heavy atom. The molecule has 0 unspecified atom stereocenters. The van der Waals surface area contributed by atoms with E-state index >= 15 is 0 Å². The van der Waals surface area contributed by atoms with Crippen LogP contribution in [0.15, 0.2) is 79.1 Å². The number of hydrogen-bond donors (Lipinski definition) is 0. The summed E-state index contributed by atoms with van der Waals surface area (Å²) in [5.74, 6) is 1.15. The number of piperazine rings is 1. The zero-order valence-electron chi connectivity index (χ0n) is 20.2. The van der Waals surface area contributed by atoms with Crippen molar-refractivity contribution < 1.29 is 4.79 Å². The molecule has 36 heavy (non-hydrogen) atoms. The summed E-state index contributed by atoms with van der Waals surface area (Å²) in [6.07, 6.45) is 3.91. The van der Waals surface area contributed by atoms with Crippen LogP contribution >= 0.6 is 11.3 Å². The second-order valence-corrected chi connectivity index (χ2v) is 10.1. The maximum absolute atomic E-state index is 13.3. The highest BCUT2D eigenvalue weighted by Gasteiger charge is 2.26. The van der Waals surface area contributed by atoms with E-state index in [0.717, 1.165) is 58.7 Å². The molecule has 0 saturated carbocycles. The number of imidazole rings is 1. The van der Waals surface area contributed by atoms with Gasteiger partial charge in [0.2, 0.25) is 0 Å². The van der Waals surface area contributed by atoms with Crippen molar-refractivity contribution >= 4 is 28.3 Å². The van der Waals surface area contributed by atoms with Gasteiger partial charge < -0.3 is 14.0 Å². The van der Waals surface area contributed by atoms with Gasteiger partial charge in [-0.25, -0.2) is 9.97 Å². The molecule has 5 aromatic rings. The van der Waals surface area contributed by atoms with Crippen LogP contribution in [-0.4, -0.2) is 61.0 Å². The van der Waals surface area contributed by atoms with Crippen molar-refractivity contribution in [1.82, 2.24) is 28.9 Å². The number of para-hydroxylation sites is 2. The average Bonchev–Trinajstić information content (AvgIpc) is 3.65. The van der Waals surface area contributed by atoms with Crippen LogP contribution < -0.4 is 0 Å². The number of amides is 1. The summed E-state index contributed by atoms with van der Waals surface area (Å²) in [7, 11) is 0. The van der Waals surface area contributed by atoms with Crippen LogP contribution in [0.3, 0.4) is 0 Å². The van der Waals surface area contributed by atoms with Gasteiger partial charge in [-0.15, -0.1) is 0 Å². The molecule has 1 amide bonds. The highest BCUT2D eigenvalue weighted by molar-refractivity contribution is 7.16. The number of rotatable bonds is 6. The molecular formula is C28H28N6OS. The van der Waals surface area contributed by atoms with E-state index in [9.17, 15) is 4.79 Å². The topological polar surface area (TPSA) is 59.2 Å². The van der Waals surface area contributed by atoms with Gasteiger partial charge in [-0.1, -0.05) is 53.8 Å². The third kappa shape index (κ3) is 4.45. The van der Waals surface area contributed by atoms with Crippen LogP contribution in [0.1, 0.15) is 26.8 Å². The molecule has 3 aromatic heterocycles. The second kappa shape index (κ2) is 9.72. The number of hydrogen-bond acceptors (Lipinski definition) is 5. The first-order valence-electron chi connectivity index (χ1n) is 12.3. The van der Waals surface area contributed by atoms with E-state index in [1.54, 1.807) is 0 Å². The molecule has 4 heterocycles. The molecule has 1 aliphatic heterocycles. The van der Waals surface area contributed by atoms with Gasteiger partial charge in [0.25, 0.3) is 5.91 Å². The smallest absolute Gasteiger partial charge is 0.266 e. The molecule has 0 atom stereocenters. The molecule has 7 nitrogen and oxygen atoms in total. The first-order chi connectivity index (χ1) is 17.7. The first-order valence-corrected chi connectivity index (χ1v) is 13.1. The van der Waals surface area contributed by atoms with Gasteiger partial charge in [0, 0.05) is 45.1 Å². The van der Waals surface area contributed by atoms with Gasteiger partial charge in [-0.2, -0.15) is 0 Å². The number of nitrogens with zero attached hydrogens (tertiary/aromatic N) is 6. The Labute approximate surface area is 214 Å². The van der Waals surface area contributed by atoms with E-state index in [1.807, 2.05) is 53.0 Å². The summed E-state index contributed by atoms with van der Waals surface area (Å²) in [4.78, 5) is 28.0. The fourth-order valence-corrected chi connectivity index (χ4v) is 5.80. The van der Waals surface area contributed by atoms with Gasteiger partial charge in [0.15, 0.2) is 5.13 Å². The quantitative estimate of drug-likeness (QED) is 0.345. The lowest BCUT2D eigenvalue weighted by molar-refractivity contribution is 0.0628. The van der Waals surface area contributed by atoms with Crippen LogP contribution in [-0.2, 0) is 13.1 Å². The lowest BCUT2D eigenvalue weighted by atomic mass is 10.2. The fraction of sp³-hybridized carbons (Fsp3) is 0.250. The molecule has 0 radical (unpaired) electrons. The number of carbonyl (C=O) groups excluding carboxylic acids is 1. The van der Waals surface area contributed by atoms with Gasteiger partial charge in [0.1, 0.15) is 10.7 Å². The molecule has 1 aliphatic rings. The summed E-state index contributed by atoms with van der Waals surface area (Å²) in [5.41, 5.74) is 4.24. The van der Waals surface area contributed by atoms with Crippen molar-refractivity contribution in [3.8, 4) is 5.13 Å². The molecule has 1 fully saturated rings. The van der Waals surface area contributed by atoms with Crippen molar-refractivity contribution in [3.63, 3.8) is 0 Å². The Morgan fingerprint density at radius 1 is 0.861 bits per heavy atom. The summed E-state index contributed by atoms with van der Waals surface area (Å²) in [5, 5.41) is 0.830. The summed E-state index contributed by atoms with van der Waals surface area (Å²) in [6, 6.07) is 22.8. The van der Waals surface area contributed by atoms with E-state index in [-0.39, 0.29) is 5.91 Å². The predicted octanol–water partition coefficient (Wildman–Crippen LogP) is 4.60. The number of carbonyl (C=O) groups is 1. The van der Waals surface area contributed by atoms with E-state index in [2.05, 4.69) is 56.9 Å². The number of fused-ring (bicyclic) bond motifs is 1. The maximum atomic E-state index is 13.3. The molecule has 6 rings (SSSR count). The molecular weight excluding hydrogens is 468 g/mol. The van der Waals surface area contributed by atoms with Gasteiger partial charge in [-0.05, 0) is 36.8 Å². The highest BCUT2D eigenvalue weighted by atomic mass is 32.1. The van der Waals surface area contributed by atoms with Gasteiger partial charge in [-0.3, -0.25) is 9.69 Å². The van der Waals surface area contributed by atoms with E-state index in [1.165, 1.54) is 16.9 Å². The minimum atomic E-state index is 0.0828. The fourth-order valence-electron chi connectivity index (χ4n) is 4.79. The van der Waals surface area contributed by atoms with E-state index < -0.39 is 0 Å². The van der Waals surface area contributed by atoms with Crippen molar-refractivity contribution in [2.24, 2.45) is 0 Å². The minimum absolute atomic E-state index is 0.0828. The Morgan fingerprint density at radius 3 is 2.36 bits per heavy atom. The Hall–Kier alpha value is -3.75. The summed E-state index contributed by atoms with van der Waals surface area (Å²) >= 11 is 1.46. The van der Waals surface area contributed by atoms with Crippen LogP contribution in [0.2, 0.25) is 0 Å². The molecule has 0 N–H and O–H groups in total. The third-order valence-corrected chi connectivity index (χ3v) is 7.91. The monoisotopic (exact) mass is 496 g/mol. The summed E-state index contributed by atoms with van der Waals surface area (Å²) < 4.78 is 4.28. The number of benzene rings is 2. The number of aryl methyl sites for hydroxylation is 1. The molecule has 1 saturated heterocycles. The van der Waals surface area contributed by atoms with Gasteiger partial charge >= 0.3 is 0 Å². The second-order valence-electron chi connectivity index (χ2n) is 9.16. The van der Waals surface area contributed by atoms with Gasteiger partial charge in [0.05, 0.1) is 23.3 Å². The van der Waals surface area contributed by atoms with Crippen molar-refractivity contribution in [2.75, 3.05) is 26.2 Å². The van der Waals surface area contributed by atoms with Crippen LogP contribution in [0.25, 0.3) is 16.2 Å². The van der Waals surface area contributed by atoms with Crippen molar-refractivity contribution in [3.05, 3.63) is 101 Å². The van der Waals surface area contributed by atoms with Crippen LogP contribution in [0, 0.1) is 6.92 Å². The highest BCUT2D eigenvalue weighted by Crippen LogP contribution is 2.24. The predicted molar refractivity (Wildman–Crippen MR) is 143 cm³/mol. The van der Waals surface area contributed by atoms with Crippen LogP contribution in [0.4, 0.5) is 0 Å².